The zero-order chi connectivity index (χ0) is 18.1. The van der Waals surface area contributed by atoms with E-state index in [1.807, 2.05) is 0 Å². The van der Waals surface area contributed by atoms with E-state index in [0.717, 1.165) is 4.57 Å². The third-order valence-corrected chi connectivity index (χ3v) is 4.35. The summed E-state index contributed by atoms with van der Waals surface area (Å²) in [5.41, 5.74) is -0.576. The Morgan fingerprint density at radius 1 is 1.32 bits per heavy atom. The van der Waals surface area contributed by atoms with Crippen molar-refractivity contribution in [1.29, 1.82) is 0 Å². The number of rotatable bonds is 3. The molecule has 0 saturated carbocycles. The molecule has 25 heavy (non-hydrogen) atoms. The molecule has 1 aromatic carbocycles. The molecule has 0 fully saturated rings. The highest BCUT2D eigenvalue weighted by molar-refractivity contribution is 6.42. The van der Waals surface area contributed by atoms with Crippen LogP contribution in [0.3, 0.4) is 0 Å². The summed E-state index contributed by atoms with van der Waals surface area (Å²) in [5.74, 6) is -1.92. The number of aromatic nitrogens is 2. The highest BCUT2D eigenvalue weighted by atomic mass is 35.5. The van der Waals surface area contributed by atoms with Gasteiger partial charge in [-0.1, -0.05) is 29.3 Å². The molecule has 0 bridgehead atoms. The van der Waals surface area contributed by atoms with E-state index in [9.17, 15) is 19.5 Å². The SMILES string of the molecule is O=C1CCn2c(nc(C(=O)NCc3ccc(Cl)c(Cl)c3)c(O)c2=O)N1. The highest BCUT2D eigenvalue weighted by Gasteiger charge is 2.24. The summed E-state index contributed by atoms with van der Waals surface area (Å²) in [6.45, 7) is 0.174. The Labute approximate surface area is 151 Å². The number of nitrogens with zero attached hydrogens (tertiary/aromatic N) is 2. The lowest BCUT2D eigenvalue weighted by molar-refractivity contribution is -0.116. The van der Waals surface area contributed by atoms with Gasteiger partial charge in [0.1, 0.15) is 0 Å². The lowest BCUT2D eigenvalue weighted by Gasteiger charge is -2.18. The van der Waals surface area contributed by atoms with E-state index < -0.39 is 22.9 Å². The van der Waals surface area contributed by atoms with Gasteiger partial charge in [0, 0.05) is 19.5 Å². The first-order valence-electron chi connectivity index (χ1n) is 7.22. The number of nitrogens with one attached hydrogen (secondary N) is 2. The Morgan fingerprint density at radius 3 is 2.80 bits per heavy atom. The minimum atomic E-state index is -0.787. The van der Waals surface area contributed by atoms with Crippen LogP contribution in [0.5, 0.6) is 5.75 Å². The van der Waals surface area contributed by atoms with E-state index in [2.05, 4.69) is 15.6 Å². The molecule has 130 valence electrons. The molecule has 0 saturated heterocycles. The van der Waals surface area contributed by atoms with Gasteiger partial charge in [-0.3, -0.25) is 24.3 Å². The molecule has 2 heterocycles. The number of amides is 2. The fourth-order valence-corrected chi connectivity index (χ4v) is 2.64. The summed E-state index contributed by atoms with van der Waals surface area (Å²) in [5, 5.41) is 15.6. The number of anilines is 1. The molecule has 2 aromatic rings. The van der Waals surface area contributed by atoms with Gasteiger partial charge in [0.05, 0.1) is 10.0 Å². The van der Waals surface area contributed by atoms with Gasteiger partial charge < -0.3 is 10.4 Å². The van der Waals surface area contributed by atoms with Crippen molar-refractivity contribution in [3.8, 4) is 5.75 Å². The van der Waals surface area contributed by atoms with Crippen molar-refractivity contribution in [2.24, 2.45) is 0 Å². The monoisotopic (exact) mass is 382 g/mol. The molecule has 1 aromatic heterocycles. The summed E-state index contributed by atoms with van der Waals surface area (Å²) in [7, 11) is 0. The van der Waals surface area contributed by atoms with Gasteiger partial charge in [-0.05, 0) is 17.7 Å². The zero-order valence-electron chi connectivity index (χ0n) is 12.7. The molecule has 0 radical (unpaired) electrons. The number of hydrogen-bond donors (Lipinski definition) is 3. The maximum Gasteiger partial charge on any atom is 0.297 e. The first kappa shape index (κ1) is 17.2. The molecule has 0 unspecified atom stereocenters. The third kappa shape index (κ3) is 3.45. The largest absolute Gasteiger partial charge is 0.501 e. The normalized spacial score (nSPS) is 13.1. The summed E-state index contributed by atoms with van der Waals surface area (Å²) < 4.78 is 1.10. The Kier molecular flexibility index (Phi) is 4.65. The minimum absolute atomic E-state index is 0.0706. The van der Waals surface area contributed by atoms with Crippen molar-refractivity contribution in [2.45, 2.75) is 19.5 Å². The van der Waals surface area contributed by atoms with Crippen molar-refractivity contribution in [3.63, 3.8) is 0 Å². The van der Waals surface area contributed by atoms with E-state index in [0.29, 0.717) is 15.6 Å². The molecular weight excluding hydrogens is 371 g/mol. The number of hydrogen-bond acceptors (Lipinski definition) is 5. The van der Waals surface area contributed by atoms with Gasteiger partial charge in [0.2, 0.25) is 17.6 Å². The molecule has 0 spiro atoms. The maximum atomic E-state index is 12.3. The first-order valence-corrected chi connectivity index (χ1v) is 7.98. The smallest absolute Gasteiger partial charge is 0.297 e. The second kappa shape index (κ2) is 6.73. The summed E-state index contributed by atoms with van der Waals surface area (Å²) in [6.07, 6.45) is 0.0941. The standard InChI is InChI=1S/C15H12Cl2N4O4/c16-8-2-1-7(5-9(8)17)6-18-13(24)11-12(23)14(25)21-4-3-10(22)19-15(21)20-11/h1-2,5,23H,3-4,6H2,(H,18,24)(H,19,20,22). The quantitative estimate of drug-likeness (QED) is 0.744. The number of halogens is 2. The lowest BCUT2D eigenvalue weighted by atomic mass is 10.2. The van der Waals surface area contributed by atoms with Gasteiger partial charge in [0.15, 0.2) is 5.69 Å². The van der Waals surface area contributed by atoms with Crippen molar-refractivity contribution < 1.29 is 14.7 Å². The maximum absolute atomic E-state index is 12.3. The Bertz CT molecular complexity index is 942. The lowest BCUT2D eigenvalue weighted by Crippen LogP contribution is -2.35. The van der Waals surface area contributed by atoms with Crippen LogP contribution in [0.2, 0.25) is 10.0 Å². The molecule has 10 heteroatoms. The minimum Gasteiger partial charge on any atom is -0.501 e. The zero-order valence-corrected chi connectivity index (χ0v) is 14.2. The number of aromatic hydroxyl groups is 1. The molecule has 2 amide bonds. The van der Waals surface area contributed by atoms with Crippen LogP contribution in [-0.2, 0) is 17.9 Å². The summed E-state index contributed by atoms with van der Waals surface area (Å²) in [4.78, 5) is 39.7. The van der Waals surface area contributed by atoms with Crippen LogP contribution in [0.25, 0.3) is 0 Å². The number of fused-ring (bicyclic) bond motifs is 1. The van der Waals surface area contributed by atoms with E-state index in [1.54, 1.807) is 18.2 Å². The van der Waals surface area contributed by atoms with E-state index in [1.165, 1.54) is 0 Å². The predicted octanol–water partition coefficient (Wildman–Crippen LogP) is 1.53. The first-order chi connectivity index (χ1) is 11.9. The van der Waals surface area contributed by atoms with Gasteiger partial charge in [0.25, 0.3) is 11.5 Å². The number of carbonyl (C=O) groups excluding carboxylic acids is 2. The molecule has 1 aliphatic heterocycles. The van der Waals surface area contributed by atoms with E-state index in [-0.39, 0.29) is 31.4 Å². The average Bonchev–Trinajstić information content (AvgIpc) is 2.58. The number of benzene rings is 1. The molecule has 0 atom stereocenters. The average molecular weight is 383 g/mol. The van der Waals surface area contributed by atoms with Crippen molar-refractivity contribution in [1.82, 2.24) is 14.9 Å². The fraction of sp³-hybridized carbons (Fsp3) is 0.200. The van der Waals surface area contributed by atoms with Crippen LogP contribution in [-0.4, -0.2) is 26.5 Å². The molecule has 1 aliphatic rings. The molecule has 3 rings (SSSR count). The number of carbonyl (C=O) groups is 2. The molecular formula is C15H12Cl2N4O4. The van der Waals surface area contributed by atoms with Crippen LogP contribution < -0.4 is 16.2 Å². The van der Waals surface area contributed by atoms with Crippen LogP contribution in [0, 0.1) is 0 Å². The van der Waals surface area contributed by atoms with Crippen molar-refractivity contribution in [2.75, 3.05) is 5.32 Å². The predicted molar refractivity (Wildman–Crippen MR) is 91.0 cm³/mol. The van der Waals surface area contributed by atoms with Crippen LogP contribution in [0.15, 0.2) is 23.0 Å². The summed E-state index contributed by atoms with van der Waals surface area (Å²) in [6, 6.07) is 4.84. The highest BCUT2D eigenvalue weighted by Crippen LogP contribution is 2.22. The van der Waals surface area contributed by atoms with Gasteiger partial charge in [-0.2, -0.15) is 0 Å². The van der Waals surface area contributed by atoms with Gasteiger partial charge in [-0.25, -0.2) is 4.98 Å². The summed E-state index contributed by atoms with van der Waals surface area (Å²) >= 11 is 11.7. The van der Waals surface area contributed by atoms with Crippen molar-refractivity contribution >= 4 is 41.0 Å². The third-order valence-electron chi connectivity index (χ3n) is 3.61. The Hall–Kier alpha value is -2.58. The second-order valence-corrected chi connectivity index (χ2v) is 6.13. The molecule has 3 N–H and O–H groups in total. The Morgan fingerprint density at radius 2 is 2.08 bits per heavy atom. The van der Waals surface area contributed by atoms with Crippen LogP contribution in [0.4, 0.5) is 5.95 Å². The van der Waals surface area contributed by atoms with Crippen molar-refractivity contribution in [3.05, 3.63) is 49.9 Å². The van der Waals surface area contributed by atoms with Crippen LogP contribution in [0.1, 0.15) is 22.5 Å². The van der Waals surface area contributed by atoms with Gasteiger partial charge >= 0.3 is 0 Å². The van der Waals surface area contributed by atoms with E-state index >= 15 is 0 Å². The topological polar surface area (TPSA) is 113 Å². The molecule has 0 aliphatic carbocycles. The van der Waals surface area contributed by atoms with E-state index in [4.69, 9.17) is 23.2 Å². The van der Waals surface area contributed by atoms with Crippen LogP contribution >= 0.6 is 23.2 Å². The van der Waals surface area contributed by atoms with Gasteiger partial charge in [-0.15, -0.1) is 0 Å². The Balaban J connectivity index is 1.83. The second-order valence-electron chi connectivity index (χ2n) is 5.32. The molecule has 8 nitrogen and oxygen atoms in total. The fourth-order valence-electron chi connectivity index (χ4n) is 2.32.